The van der Waals surface area contributed by atoms with Crippen molar-refractivity contribution in [3.8, 4) is 5.75 Å². The van der Waals surface area contributed by atoms with E-state index in [9.17, 15) is 19.5 Å². The minimum atomic E-state index is -0.632. The van der Waals surface area contributed by atoms with Gasteiger partial charge in [-0.25, -0.2) is 0 Å². The third kappa shape index (κ3) is 1.85. The monoisotopic (exact) mass is 259 g/mol. The van der Waals surface area contributed by atoms with E-state index in [1.165, 1.54) is 23.1 Å². The van der Waals surface area contributed by atoms with Gasteiger partial charge in [0.05, 0.1) is 0 Å². The maximum absolute atomic E-state index is 12.2. The Morgan fingerprint density at radius 1 is 1.26 bits per heavy atom. The Kier molecular flexibility index (Phi) is 2.51. The molecule has 19 heavy (non-hydrogen) atoms. The zero-order valence-corrected chi connectivity index (χ0v) is 10.0. The lowest BCUT2D eigenvalue weighted by molar-refractivity contribution is -0.268. The Bertz CT molecular complexity index is 596. The van der Waals surface area contributed by atoms with E-state index in [0.29, 0.717) is 17.5 Å². The molecule has 0 aromatic heterocycles. The largest absolute Gasteiger partial charge is 0.872 e. The number of amides is 3. The van der Waals surface area contributed by atoms with E-state index in [1.807, 2.05) is 0 Å². The molecule has 1 fully saturated rings. The molecule has 2 aliphatic rings. The van der Waals surface area contributed by atoms with Gasteiger partial charge in [-0.2, -0.15) is 0 Å². The van der Waals surface area contributed by atoms with E-state index in [0.717, 1.165) is 0 Å². The zero-order chi connectivity index (χ0) is 13.6. The molecule has 0 aliphatic carbocycles. The molecule has 1 N–H and O–H groups in total. The second-order valence-corrected chi connectivity index (χ2v) is 4.72. The molecule has 0 spiro atoms. The summed E-state index contributed by atoms with van der Waals surface area (Å²) in [7, 11) is 0. The number of nitrogens with one attached hydrogen (secondary N) is 1. The van der Waals surface area contributed by atoms with Crippen LogP contribution in [0.15, 0.2) is 18.2 Å². The smallest absolute Gasteiger partial charge is 0.255 e. The molecule has 0 radical (unpaired) electrons. The summed E-state index contributed by atoms with van der Waals surface area (Å²) in [6.45, 7) is 0.247. The first-order chi connectivity index (χ1) is 9.06. The van der Waals surface area contributed by atoms with Crippen molar-refractivity contribution in [2.75, 3.05) is 0 Å². The van der Waals surface area contributed by atoms with Crippen LogP contribution in [0.4, 0.5) is 0 Å². The number of fused-ring (bicyclic) bond motifs is 1. The number of hydrogen-bond donors (Lipinski definition) is 1. The molecule has 1 unspecified atom stereocenters. The van der Waals surface area contributed by atoms with Gasteiger partial charge in [0.1, 0.15) is 6.04 Å². The minimum absolute atomic E-state index is 0.156. The van der Waals surface area contributed by atoms with Crippen LogP contribution in [0.2, 0.25) is 0 Å². The number of nitrogens with zero attached hydrogens (tertiary/aromatic N) is 1. The summed E-state index contributed by atoms with van der Waals surface area (Å²) in [5, 5.41) is 13.5. The minimum Gasteiger partial charge on any atom is -0.872 e. The maximum atomic E-state index is 12.2. The van der Waals surface area contributed by atoms with E-state index in [-0.39, 0.29) is 30.5 Å². The topological polar surface area (TPSA) is 89.5 Å². The summed E-state index contributed by atoms with van der Waals surface area (Å²) < 4.78 is 0. The summed E-state index contributed by atoms with van der Waals surface area (Å²) in [5.41, 5.74) is 1.10. The molecule has 6 heteroatoms. The summed E-state index contributed by atoms with van der Waals surface area (Å²) in [6.07, 6.45) is 0.554. The number of carbonyl (C=O) groups excluding carboxylic acids is 3. The number of benzene rings is 1. The fraction of sp³-hybridized carbons (Fsp3) is 0.308. The van der Waals surface area contributed by atoms with Gasteiger partial charge in [0.15, 0.2) is 0 Å². The van der Waals surface area contributed by atoms with Crippen molar-refractivity contribution in [3.63, 3.8) is 0 Å². The van der Waals surface area contributed by atoms with Crippen molar-refractivity contribution in [3.05, 3.63) is 29.3 Å². The molecule has 1 aromatic carbocycles. The predicted molar refractivity (Wildman–Crippen MR) is 61.9 cm³/mol. The normalized spacial score (nSPS) is 22.4. The van der Waals surface area contributed by atoms with E-state index < -0.39 is 11.9 Å². The highest BCUT2D eigenvalue weighted by Crippen LogP contribution is 2.28. The van der Waals surface area contributed by atoms with Crippen molar-refractivity contribution in [1.29, 1.82) is 0 Å². The number of carbonyl (C=O) groups is 3. The van der Waals surface area contributed by atoms with E-state index >= 15 is 0 Å². The van der Waals surface area contributed by atoms with Gasteiger partial charge < -0.3 is 10.0 Å². The summed E-state index contributed by atoms with van der Waals surface area (Å²) in [5.74, 6) is -1.17. The van der Waals surface area contributed by atoms with Gasteiger partial charge >= 0.3 is 0 Å². The van der Waals surface area contributed by atoms with Gasteiger partial charge in [0.2, 0.25) is 11.8 Å². The van der Waals surface area contributed by atoms with Gasteiger partial charge in [-0.1, -0.05) is 12.1 Å². The van der Waals surface area contributed by atoms with E-state index in [2.05, 4.69) is 5.32 Å². The highest BCUT2D eigenvalue weighted by Gasteiger charge is 2.38. The highest BCUT2D eigenvalue weighted by atomic mass is 16.3. The highest BCUT2D eigenvalue weighted by molar-refractivity contribution is 6.05. The molecular weight excluding hydrogens is 248 g/mol. The number of rotatable bonds is 1. The molecule has 6 nitrogen and oxygen atoms in total. The number of hydrogen-bond acceptors (Lipinski definition) is 4. The third-order valence-electron chi connectivity index (χ3n) is 3.49. The average molecular weight is 259 g/mol. The lowest BCUT2D eigenvalue weighted by atomic mass is 10.0. The van der Waals surface area contributed by atoms with Gasteiger partial charge in [0, 0.05) is 18.5 Å². The second kappa shape index (κ2) is 4.08. The predicted octanol–water partition coefficient (Wildman–Crippen LogP) is -0.479. The van der Waals surface area contributed by atoms with Crippen molar-refractivity contribution < 1.29 is 19.5 Å². The van der Waals surface area contributed by atoms with Crippen LogP contribution in [0.1, 0.15) is 28.8 Å². The quantitative estimate of drug-likeness (QED) is 0.690. The van der Waals surface area contributed by atoms with Crippen LogP contribution < -0.4 is 10.4 Å². The third-order valence-corrected chi connectivity index (χ3v) is 3.49. The Hall–Kier alpha value is -2.37. The molecule has 0 bridgehead atoms. The van der Waals surface area contributed by atoms with E-state index in [1.54, 1.807) is 0 Å². The Morgan fingerprint density at radius 3 is 2.79 bits per heavy atom. The fourth-order valence-electron chi connectivity index (χ4n) is 2.55. The van der Waals surface area contributed by atoms with Crippen LogP contribution in [0, 0.1) is 0 Å². The lowest BCUT2D eigenvalue weighted by Crippen LogP contribution is -2.52. The summed E-state index contributed by atoms with van der Waals surface area (Å²) in [4.78, 5) is 36.5. The Labute approximate surface area is 109 Å². The molecular formula is C13H11N2O4-. The van der Waals surface area contributed by atoms with Crippen LogP contribution >= 0.6 is 0 Å². The van der Waals surface area contributed by atoms with Crippen LogP contribution in [-0.4, -0.2) is 28.7 Å². The van der Waals surface area contributed by atoms with Crippen molar-refractivity contribution in [2.24, 2.45) is 0 Å². The van der Waals surface area contributed by atoms with Crippen LogP contribution in [0.5, 0.6) is 5.75 Å². The summed E-state index contributed by atoms with van der Waals surface area (Å²) in [6, 6.07) is 3.61. The SMILES string of the molecule is O=C1CCC(N2Cc3cc([O-])ccc3C2=O)C(=O)N1. The van der Waals surface area contributed by atoms with Gasteiger partial charge in [-0.05, 0) is 18.1 Å². The van der Waals surface area contributed by atoms with E-state index in [4.69, 9.17) is 0 Å². The first kappa shape index (κ1) is 11.7. The molecule has 3 rings (SSSR count). The van der Waals surface area contributed by atoms with Gasteiger partial charge in [-0.3, -0.25) is 19.7 Å². The second-order valence-electron chi connectivity index (χ2n) is 4.72. The first-order valence-electron chi connectivity index (χ1n) is 6.01. The molecule has 0 saturated carbocycles. The number of imide groups is 1. The van der Waals surface area contributed by atoms with Gasteiger partial charge in [0.25, 0.3) is 5.91 Å². The zero-order valence-electron chi connectivity index (χ0n) is 10.0. The van der Waals surface area contributed by atoms with Crippen molar-refractivity contribution in [1.82, 2.24) is 10.2 Å². The molecule has 1 aromatic rings. The van der Waals surface area contributed by atoms with Crippen molar-refractivity contribution >= 4 is 17.7 Å². The number of piperidine rings is 1. The molecule has 2 heterocycles. The van der Waals surface area contributed by atoms with Crippen LogP contribution in [0.3, 0.4) is 0 Å². The van der Waals surface area contributed by atoms with Crippen LogP contribution in [0.25, 0.3) is 0 Å². The Balaban J connectivity index is 1.87. The molecule has 1 atom stereocenters. The standard InChI is InChI=1S/C13H12N2O4/c16-8-1-2-9-7(5-8)6-15(13(9)19)10-3-4-11(17)14-12(10)18/h1-2,5,10,16H,3-4,6H2,(H,14,17,18)/p-1. The first-order valence-corrected chi connectivity index (χ1v) is 6.01. The lowest BCUT2D eigenvalue weighted by Gasteiger charge is -2.29. The van der Waals surface area contributed by atoms with Gasteiger partial charge in [-0.15, -0.1) is 5.75 Å². The molecule has 2 aliphatic heterocycles. The Morgan fingerprint density at radius 2 is 2.05 bits per heavy atom. The van der Waals surface area contributed by atoms with Crippen molar-refractivity contribution in [2.45, 2.75) is 25.4 Å². The van der Waals surface area contributed by atoms with Crippen LogP contribution in [-0.2, 0) is 16.1 Å². The maximum Gasteiger partial charge on any atom is 0.255 e. The molecule has 98 valence electrons. The molecule has 1 saturated heterocycles. The fourth-order valence-corrected chi connectivity index (χ4v) is 2.55. The average Bonchev–Trinajstić information content (AvgIpc) is 2.66. The molecule has 3 amide bonds. The summed E-state index contributed by atoms with van der Waals surface area (Å²) >= 11 is 0.